The number of fused-ring (bicyclic) bond motifs is 6. The third kappa shape index (κ3) is 4.81. The van der Waals surface area contributed by atoms with E-state index in [1.165, 1.54) is 71.6 Å². The average molecular weight is 662 g/mol. The third-order valence-corrected chi connectivity index (χ3v) is 10.4. The van der Waals surface area contributed by atoms with Crippen molar-refractivity contribution in [3.63, 3.8) is 0 Å². The van der Waals surface area contributed by atoms with Crippen LogP contribution in [0.1, 0.15) is 5.56 Å². The molecule has 0 saturated heterocycles. The summed E-state index contributed by atoms with van der Waals surface area (Å²) in [7, 11) is 0. The summed E-state index contributed by atoms with van der Waals surface area (Å²) < 4.78 is 4.61. The van der Waals surface area contributed by atoms with Crippen molar-refractivity contribution in [2.24, 2.45) is 0 Å². The van der Waals surface area contributed by atoms with E-state index in [2.05, 4.69) is 185 Å². The number of benzene rings is 8. The third-order valence-electron chi connectivity index (χ3n) is 10.4. The zero-order valence-corrected chi connectivity index (χ0v) is 28.2. The number of nitriles is 1. The SMILES string of the molecule is N#Cc1cccc(-n2c3ccccc3c3cc(-c4ccc(-c5ccc(-c6ccc7c(c6)c6ccccc6n7-c6ccccc6)cc5)cc4)ccc32)c1. The molecular weight excluding hydrogens is 631 g/mol. The Hall–Kier alpha value is -7.15. The highest BCUT2D eigenvalue weighted by Gasteiger charge is 2.15. The Morgan fingerprint density at radius 3 is 1.23 bits per heavy atom. The number of rotatable bonds is 5. The van der Waals surface area contributed by atoms with Gasteiger partial charge in [0.05, 0.1) is 33.7 Å². The zero-order valence-electron chi connectivity index (χ0n) is 28.2. The molecule has 0 saturated carbocycles. The molecule has 0 fully saturated rings. The molecule has 10 rings (SSSR count). The molecule has 0 aliphatic rings. The van der Waals surface area contributed by atoms with Crippen molar-refractivity contribution in [2.45, 2.75) is 0 Å². The van der Waals surface area contributed by atoms with Crippen LogP contribution in [0.5, 0.6) is 0 Å². The van der Waals surface area contributed by atoms with Crippen molar-refractivity contribution in [1.82, 2.24) is 9.13 Å². The van der Waals surface area contributed by atoms with E-state index in [0.29, 0.717) is 5.56 Å². The van der Waals surface area contributed by atoms with Gasteiger partial charge in [-0.3, -0.25) is 0 Å². The molecular formula is C49H31N3. The van der Waals surface area contributed by atoms with Gasteiger partial charge in [-0.2, -0.15) is 5.26 Å². The van der Waals surface area contributed by atoms with Crippen LogP contribution in [-0.2, 0) is 0 Å². The Morgan fingerprint density at radius 2 is 0.712 bits per heavy atom. The topological polar surface area (TPSA) is 33.6 Å². The lowest BCUT2D eigenvalue weighted by molar-refractivity contribution is 1.18. The first-order valence-corrected chi connectivity index (χ1v) is 17.6. The number of aromatic nitrogens is 2. The van der Waals surface area contributed by atoms with Gasteiger partial charge < -0.3 is 9.13 Å². The Balaban J connectivity index is 0.964. The summed E-state index contributed by atoms with van der Waals surface area (Å²) in [4.78, 5) is 0. The maximum absolute atomic E-state index is 9.53. The molecule has 0 unspecified atom stereocenters. The molecule has 0 radical (unpaired) electrons. The largest absolute Gasteiger partial charge is 0.309 e. The molecule has 3 nitrogen and oxygen atoms in total. The summed E-state index contributed by atoms with van der Waals surface area (Å²) in [6.45, 7) is 0. The van der Waals surface area contributed by atoms with E-state index >= 15 is 0 Å². The normalized spacial score (nSPS) is 11.4. The Labute approximate surface area is 301 Å². The second kappa shape index (κ2) is 12.0. The molecule has 0 bridgehead atoms. The van der Waals surface area contributed by atoms with Crippen LogP contribution in [0.4, 0.5) is 0 Å². The predicted octanol–water partition coefficient (Wildman–Crippen LogP) is 12.8. The second-order valence-corrected chi connectivity index (χ2v) is 13.3. The molecule has 0 aliphatic carbocycles. The van der Waals surface area contributed by atoms with Gasteiger partial charge in [-0.05, 0) is 100 Å². The van der Waals surface area contributed by atoms with Crippen molar-refractivity contribution < 1.29 is 0 Å². The second-order valence-electron chi connectivity index (χ2n) is 13.3. The summed E-state index contributed by atoms with van der Waals surface area (Å²) >= 11 is 0. The summed E-state index contributed by atoms with van der Waals surface area (Å²) in [5, 5.41) is 14.4. The van der Waals surface area contributed by atoms with Crippen LogP contribution in [0.3, 0.4) is 0 Å². The first kappa shape index (κ1) is 29.7. The van der Waals surface area contributed by atoms with E-state index in [9.17, 15) is 5.26 Å². The van der Waals surface area contributed by atoms with Gasteiger partial charge in [0.1, 0.15) is 0 Å². The molecule has 0 aliphatic heterocycles. The van der Waals surface area contributed by atoms with Crippen molar-refractivity contribution in [1.29, 1.82) is 5.26 Å². The van der Waals surface area contributed by atoms with Gasteiger partial charge in [0.2, 0.25) is 0 Å². The lowest BCUT2D eigenvalue weighted by Gasteiger charge is -2.10. The average Bonchev–Trinajstić information content (AvgIpc) is 3.73. The van der Waals surface area contributed by atoms with Gasteiger partial charge in [-0.15, -0.1) is 0 Å². The smallest absolute Gasteiger partial charge is 0.0992 e. The van der Waals surface area contributed by atoms with E-state index < -0.39 is 0 Å². The fourth-order valence-corrected chi connectivity index (χ4v) is 7.86. The van der Waals surface area contributed by atoms with Crippen molar-refractivity contribution in [2.75, 3.05) is 0 Å². The first-order valence-electron chi connectivity index (χ1n) is 17.6. The fourth-order valence-electron chi connectivity index (χ4n) is 7.86. The first-order chi connectivity index (χ1) is 25.7. The molecule has 10 aromatic rings. The molecule has 0 N–H and O–H groups in total. The lowest BCUT2D eigenvalue weighted by Crippen LogP contribution is -1.94. The van der Waals surface area contributed by atoms with Gasteiger partial charge in [0.25, 0.3) is 0 Å². The maximum atomic E-state index is 9.53. The van der Waals surface area contributed by atoms with Gasteiger partial charge in [0.15, 0.2) is 0 Å². The van der Waals surface area contributed by atoms with Crippen LogP contribution in [-0.4, -0.2) is 9.13 Å². The van der Waals surface area contributed by atoms with Crippen LogP contribution in [0.2, 0.25) is 0 Å². The van der Waals surface area contributed by atoms with E-state index in [-0.39, 0.29) is 0 Å². The minimum Gasteiger partial charge on any atom is -0.309 e. The molecule has 52 heavy (non-hydrogen) atoms. The molecule has 3 heteroatoms. The maximum Gasteiger partial charge on any atom is 0.0992 e. The standard InChI is InChI=1S/C49H31N3/c50-32-33-9-8-12-41(29-33)52-47-16-7-5-14-43(47)45-31-39(26-28-49(45)52)37-23-19-35(20-24-37)34-17-21-36(22-18-34)38-25-27-48-44(30-38)42-13-4-6-15-46(42)51(48)40-10-2-1-3-11-40/h1-31H. The zero-order chi connectivity index (χ0) is 34.6. The minimum absolute atomic E-state index is 0.653. The fraction of sp³-hybridized carbons (Fsp3) is 0. The summed E-state index contributed by atoms with van der Waals surface area (Å²) in [6.07, 6.45) is 0. The predicted molar refractivity (Wildman–Crippen MR) is 216 cm³/mol. The highest BCUT2D eigenvalue weighted by atomic mass is 15.0. The highest BCUT2D eigenvalue weighted by Crippen LogP contribution is 2.37. The number of nitrogens with zero attached hydrogens (tertiary/aromatic N) is 3. The molecule has 0 atom stereocenters. The number of para-hydroxylation sites is 3. The summed E-state index contributed by atoms with van der Waals surface area (Å²) in [5.74, 6) is 0. The van der Waals surface area contributed by atoms with Gasteiger partial charge in [-0.25, -0.2) is 0 Å². The number of hydrogen-bond donors (Lipinski definition) is 0. The van der Waals surface area contributed by atoms with Crippen molar-refractivity contribution in [3.8, 4) is 50.8 Å². The highest BCUT2D eigenvalue weighted by molar-refractivity contribution is 6.11. The Kier molecular flexibility index (Phi) is 6.87. The van der Waals surface area contributed by atoms with Crippen LogP contribution in [0.15, 0.2) is 188 Å². The van der Waals surface area contributed by atoms with E-state index in [1.54, 1.807) is 0 Å². The van der Waals surface area contributed by atoms with Crippen molar-refractivity contribution in [3.05, 3.63) is 194 Å². The van der Waals surface area contributed by atoms with E-state index in [4.69, 9.17) is 0 Å². The monoisotopic (exact) mass is 661 g/mol. The van der Waals surface area contributed by atoms with Crippen LogP contribution in [0.25, 0.3) is 88.4 Å². The van der Waals surface area contributed by atoms with Crippen LogP contribution >= 0.6 is 0 Å². The summed E-state index contributed by atoms with van der Waals surface area (Å²) in [5.41, 5.74) is 14.6. The quantitative estimate of drug-likeness (QED) is 0.181. The molecule has 2 heterocycles. The molecule has 0 amide bonds. The van der Waals surface area contributed by atoms with Gasteiger partial charge in [0, 0.05) is 32.9 Å². The Bertz CT molecular complexity index is 2990. The molecule has 2 aromatic heterocycles. The van der Waals surface area contributed by atoms with Gasteiger partial charge in [-0.1, -0.05) is 121 Å². The van der Waals surface area contributed by atoms with Gasteiger partial charge >= 0.3 is 0 Å². The number of hydrogen-bond acceptors (Lipinski definition) is 1. The molecule has 8 aromatic carbocycles. The van der Waals surface area contributed by atoms with Crippen molar-refractivity contribution >= 4 is 43.6 Å². The molecule has 0 spiro atoms. The Morgan fingerprint density at radius 1 is 0.308 bits per heavy atom. The minimum atomic E-state index is 0.653. The van der Waals surface area contributed by atoms with E-state index in [1.807, 2.05) is 18.2 Å². The van der Waals surface area contributed by atoms with Crippen LogP contribution < -0.4 is 0 Å². The molecule has 242 valence electrons. The summed E-state index contributed by atoms with van der Waals surface area (Å²) in [6, 6.07) is 69.2. The lowest BCUT2D eigenvalue weighted by atomic mass is 9.97. The van der Waals surface area contributed by atoms with E-state index in [0.717, 1.165) is 16.7 Å². The van der Waals surface area contributed by atoms with Crippen LogP contribution in [0, 0.1) is 11.3 Å².